The largest absolute Gasteiger partial charge is 0.488 e. The highest BCUT2D eigenvalue weighted by Crippen LogP contribution is 2.41. The Morgan fingerprint density at radius 3 is 2.87 bits per heavy atom. The average molecular weight is 409 g/mol. The van der Waals surface area contributed by atoms with E-state index in [1.54, 1.807) is 0 Å². The van der Waals surface area contributed by atoms with Gasteiger partial charge in [0, 0.05) is 37.4 Å². The zero-order valence-electron chi connectivity index (χ0n) is 17.1. The summed E-state index contributed by atoms with van der Waals surface area (Å²) in [6, 6.07) is 4.72. The van der Waals surface area contributed by atoms with Gasteiger partial charge in [0.2, 0.25) is 5.91 Å². The summed E-state index contributed by atoms with van der Waals surface area (Å²) in [5, 5.41) is 10.8. The highest BCUT2D eigenvalue weighted by atomic mass is 16.5. The lowest BCUT2D eigenvalue weighted by Crippen LogP contribution is -2.31. The van der Waals surface area contributed by atoms with Crippen molar-refractivity contribution in [3.05, 3.63) is 24.0 Å². The molecule has 0 bridgehead atoms. The number of amides is 1. The van der Waals surface area contributed by atoms with Crippen LogP contribution in [0.15, 0.2) is 23.5 Å². The van der Waals surface area contributed by atoms with Crippen LogP contribution in [0.2, 0.25) is 0 Å². The van der Waals surface area contributed by atoms with Crippen molar-refractivity contribution < 1.29 is 14.3 Å². The Kier molecular flexibility index (Phi) is 5.02. The molecule has 2 aromatic rings. The molecule has 0 radical (unpaired) electrons. The zero-order chi connectivity index (χ0) is 20.7. The maximum atomic E-state index is 11.6. The van der Waals surface area contributed by atoms with Crippen molar-refractivity contribution in [3.8, 4) is 5.75 Å². The molecule has 30 heavy (non-hydrogen) atoms. The highest BCUT2D eigenvalue weighted by Gasteiger charge is 2.31. The molecule has 2 saturated heterocycles. The number of benzene rings is 1. The molecule has 5 rings (SSSR count). The summed E-state index contributed by atoms with van der Waals surface area (Å²) in [5.41, 5.74) is 2.80. The molecule has 2 aliphatic heterocycles. The Morgan fingerprint density at radius 2 is 2.23 bits per heavy atom. The quantitative estimate of drug-likeness (QED) is 0.654. The summed E-state index contributed by atoms with van der Waals surface area (Å²) in [4.78, 5) is 20.8. The molecule has 2 N–H and O–H groups in total. The predicted molar refractivity (Wildman–Crippen MR) is 114 cm³/mol. The number of aliphatic imine (C=N–C) groups is 1. The van der Waals surface area contributed by atoms with Crippen LogP contribution in [0, 0.1) is 11.3 Å². The van der Waals surface area contributed by atoms with Gasteiger partial charge in [0.05, 0.1) is 37.0 Å². The molecule has 8 heteroatoms. The number of carbonyl (C=O) groups excluding carboxylic acids is 1. The topological polar surface area (TPSA) is 102 Å². The van der Waals surface area contributed by atoms with Gasteiger partial charge in [-0.2, -0.15) is 0 Å². The van der Waals surface area contributed by atoms with E-state index in [9.17, 15) is 4.79 Å². The van der Waals surface area contributed by atoms with Crippen molar-refractivity contribution in [3.63, 3.8) is 0 Å². The fourth-order valence-electron chi connectivity index (χ4n) is 4.07. The number of aromatic nitrogens is 2. The maximum absolute atomic E-state index is 11.6. The molecule has 1 amide bonds. The zero-order valence-corrected chi connectivity index (χ0v) is 17.1. The Labute approximate surface area is 175 Å². The molecule has 3 aliphatic rings. The van der Waals surface area contributed by atoms with Gasteiger partial charge in [-0.25, -0.2) is 4.98 Å². The first-order valence-electron chi connectivity index (χ1n) is 10.7. The number of rotatable bonds is 8. The van der Waals surface area contributed by atoms with Crippen LogP contribution < -0.4 is 10.1 Å². The van der Waals surface area contributed by atoms with E-state index in [2.05, 4.69) is 19.9 Å². The van der Waals surface area contributed by atoms with Crippen molar-refractivity contribution in [2.75, 3.05) is 19.8 Å². The number of ether oxygens (including phenoxy) is 2. The molecule has 1 aromatic carbocycles. The minimum absolute atomic E-state index is 0.0809. The lowest BCUT2D eigenvalue weighted by atomic mass is 9.99. The molecule has 3 atom stereocenters. The number of nitrogens with one attached hydrogen (secondary N) is 2. The Morgan fingerprint density at radius 1 is 1.40 bits per heavy atom. The van der Waals surface area contributed by atoms with E-state index in [1.807, 2.05) is 31.6 Å². The van der Waals surface area contributed by atoms with Gasteiger partial charge in [0.15, 0.2) is 0 Å². The van der Waals surface area contributed by atoms with E-state index < -0.39 is 0 Å². The standard InChI is InChI=1S/C22H27N5O3/c1-13(15-6-21(28)25-8-15)30-20-5-14(16(7-23)9-24-17-10-29-11-17)4-19-22(20)27(12-26-19)18-2-3-18/h4-5,7,9,12-13,15-18,23H,2-3,6,8,10-11H2,1H3,(H,25,28). The average Bonchev–Trinajstić information content (AvgIpc) is 3.30. The van der Waals surface area contributed by atoms with Crippen LogP contribution >= 0.6 is 0 Å². The third-order valence-electron chi connectivity index (χ3n) is 6.22. The molecule has 0 spiro atoms. The van der Waals surface area contributed by atoms with Gasteiger partial charge in [0.1, 0.15) is 17.4 Å². The van der Waals surface area contributed by atoms with Gasteiger partial charge < -0.3 is 24.8 Å². The van der Waals surface area contributed by atoms with E-state index in [4.69, 9.17) is 14.9 Å². The van der Waals surface area contributed by atoms with Gasteiger partial charge in [-0.1, -0.05) is 0 Å². The van der Waals surface area contributed by atoms with Crippen LogP contribution in [0.25, 0.3) is 11.0 Å². The van der Waals surface area contributed by atoms with Gasteiger partial charge in [-0.05, 0) is 37.5 Å². The van der Waals surface area contributed by atoms with Crippen LogP contribution in [0.1, 0.15) is 43.7 Å². The second-order valence-corrected chi connectivity index (χ2v) is 8.54. The molecular weight excluding hydrogens is 382 g/mol. The first-order chi connectivity index (χ1) is 14.6. The van der Waals surface area contributed by atoms with Crippen molar-refractivity contribution in [2.45, 2.75) is 50.3 Å². The van der Waals surface area contributed by atoms with E-state index in [0.717, 1.165) is 35.2 Å². The van der Waals surface area contributed by atoms with Crippen molar-refractivity contribution >= 4 is 29.4 Å². The highest BCUT2D eigenvalue weighted by molar-refractivity contribution is 5.92. The lowest BCUT2D eigenvalue weighted by Gasteiger charge is -2.23. The fourth-order valence-corrected chi connectivity index (χ4v) is 4.07. The van der Waals surface area contributed by atoms with Crippen molar-refractivity contribution in [1.29, 1.82) is 5.41 Å². The fraction of sp³-hybridized carbons (Fsp3) is 0.545. The Bertz CT molecular complexity index is 992. The summed E-state index contributed by atoms with van der Waals surface area (Å²) >= 11 is 0. The minimum Gasteiger partial charge on any atom is -0.488 e. The number of nitrogens with zero attached hydrogens (tertiary/aromatic N) is 3. The van der Waals surface area contributed by atoms with Crippen LogP contribution in [0.3, 0.4) is 0 Å². The molecule has 8 nitrogen and oxygen atoms in total. The number of hydrogen-bond acceptors (Lipinski definition) is 6. The third-order valence-corrected chi connectivity index (χ3v) is 6.22. The molecule has 158 valence electrons. The molecule has 1 saturated carbocycles. The normalized spacial score (nSPS) is 24.0. The molecule has 1 aromatic heterocycles. The monoisotopic (exact) mass is 409 g/mol. The van der Waals surface area contributed by atoms with Crippen molar-refractivity contribution in [1.82, 2.24) is 14.9 Å². The number of fused-ring (bicyclic) bond motifs is 1. The first kappa shape index (κ1) is 19.2. The van der Waals surface area contributed by atoms with E-state index in [1.165, 1.54) is 6.21 Å². The predicted octanol–water partition coefficient (Wildman–Crippen LogP) is 2.48. The SMILES string of the molecule is CC(Oc1cc(C(C=N)C=NC2COC2)cc2ncn(C3CC3)c12)C1CNC(=O)C1. The second-order valence-electron chi connectivity index (χ2n) is 8.54. The van der Waals surface area contributed by atoms with Crippen LogP contribution in [0.5, 0.6) is 5.75 Å². The molecule has 3 unspecified atom stereocenters. The van der Waals surface area contributed by atoms with Crippen molar-refractivity contribution in [2.24, 2.45) is 10.9 Å². The van der Waals surface area contributed by atoms with Crippen LogP contribution in [-0.4, -0.2) is 59.8 Å². The Balaban J connectivity index is 1.48. The maximum Gasteiger partial charge on any atom is 0.220 e. The van der Waals surface area contributed by atoms with Gasteiger partial charge >= 0.3 is 0 Å². The number of hydrogen-bond donors (Lipinski definition) is 2. The number of carbonyl (C=O) groups is 1. The van der Waals surface area contributed by atoms with E-state index in [0.29, 0.717) is 32.2 Å². The molecule has 3 fully saturated rings. The third kappa shape index (κ3) is 3.71. The number of imidazole rings is 1. The van der Waals surface area contributed by atoms with E-state index >= 15 is 0 Å². The molecule has 1 aliphatic carbocycles. The van der Waals surface area contributed by atoms with Gasteiger partial charge in [0.25, 0.3) is 0 Å². The van der Waals surface area contributed by atoms with Gasteiger partial charge in [-0.3, -0.25) is 9.79 Å². The summed E-state index contributed by atoms with van der Waals surface area (Å²) < 4.78 is 13.8. The van der Waals surface area contributed by atoms with Crippen LogP contribution in [-0.2, 0) is 9.53 Å². The minimum atomic E-state index is -0.242. The smallest absolute Gasteiger partial charge is 0.220 e. The molecular formula is C22H27N5O3. The van der Waals surface area contributed by atoms with Gasteiger partial charge in [-0.15, -0.1) is 0 Å². The molecule has 3 heterocycles. The summed E-state index contributed by atoms with van der Waals surface area (Å²) in [6.45, 7) is 3.95. The summed E-state index contributed by atoms with van der Waals surface area (Å²) in [6.07, 6.45) is 7.81. The Hall–Kier alpha value is -2.74. The second kappa shape index (κ2) is 7.83. The van der Waals surface area contributed by atoms with E-state index in [-0.39, 0.29) is 29.9 Å². The van der Waals surface area contributed by atoms with Crippen LogP contribution in [0.4, 0.5) is 0 Å². The summed E-state index contributed by atoms with van der Waals surface area (Å²) in [7, 11) is 0. The first-order valence-corrected chi connectivity index (χ1v) is 10.7. The summed E-state index contributed by atoms with van der Waals surface area (Å²) in [5.74, 6) is 0.754. The lowest BCUT2D eigenvalue weighted by molar-refractivity contribution is -0.119.